The molecular weight excluding hydrogens is 308 g/mol. The molecule has 24 heavy (non-hydrogen) atoms. The molecule has 0 saturated carbocycles. The number of nitrogens with zero attached hydrogens (tertiary/aromatic N) is 3. The molecule has 7 nitrogen and oxygen atoms in total. The summed E-state index contributed by atoms with van der Waals surface area (Å²) in [4.78, 5) is 42.2. The maximum absolute atomic E-state index is 12.7. The first kappa shape index (κ1) is 16.2. The van der Waals surface area contributed by atoms with Crippen LogP contribution in [0.15, 0.2) is 46.1 Å². The normalized spacial score (nSPS) is 18.6. The number of likely N-dealkylation sites (N-methyl/N-ethyl adjacent to an activating group) is 1. The molecule has 1 aliphatic heterocycles. The quantitative estimate of drug-likeness (QED) is 0.854. The van der Waals surface area contributed by atoms with Gasteiger partial charge in [-0.25, -0.2) is 4.79 Å². The number of piperazine rings is 1. The van der Waals surface area contributed by atoms with Gasteiger partial charge in [0.25, 0.3) is 11.5 Å². The lowest BCUT2D eigenvalue weighted by Gasteiger charge is -2.39. The van der Waals surface area contributed by atoms with E-state index in [1.54, 1.807) is 4.90 Å². The van der Waals surface area contributed by atoms with Crippen molar-refractivity contribution in [3.63, 3.8) is 0 Å². The van der Waals surface area contributed by atoms with Gasteiger partial charge in [-0.2, -0.15) is 0 Å². The van der Waals surface area contributed by atoms with E-state index in [1.807, 2.05) is 37.4 Å². The molecule has 1 amide bonds. The first-order valence-electron chi connectivity index (χ1n) is 7.82. The van der Waals surface area contributed by atoms with Gasteiger partial charge in [-0.3, -0.25) is 19.5 Å². The number of amides is 1. The van der Waals surface area contributed by atoms with Gasteiger partial charge >= 0.3 is 5.69 Å². The number of rotatable bonds is 2. The average molecular weight is 328 g/mol. The van der Waals surface area contributed by atoms with Crippen LogP contribution < -0.4 is 11.2 Å². The number of aryl methyl sites for hydroxylation is 1. The Balaban J connectivity index is 1.87. The zero-order chi connectivity index (χ0) is 17.3. The minimum absolute atomic E-state index is 0.00605. The van der Waals surface area contributed by atoms with E-state index in [0.29, 0.717) is 13.1 Å². The highest BCUT2D eigenvalue weighted by Crippen LogP contribution is 2.24. The predicted octanol–water partition coefficient (Wildman–Crippen LogP) is 0.203. The zero-order valence-corrected chi connectivity index (χ0v) is 13.7. The van der Waals surface area contributed by atoms with Crippen LogP contribution in [0.3, 0.4) is 0 Å². The zero-order valence-electron chi connectivity index (χ0n) is 13.7. The predicted molar refractivity (Wildman–Crippen MR) is 90.0 cm³/mol. The second-order valence-electron chi connectivity index (χ2n) is 6.07. The molecule has 1 unspecified atom stereocenters. The SMILES string of the molecule is CN1CCN(C(=O)c2cn(C)c(=O)[nH]c2=O)CC1c1ccccc1. The van der Waals surface area contributed by atoms with Crippen LogP contribution in [0.2, 0.25) is 0 Å². The van der Waals surface area contributed by atoms with Gasteiger partial charge in [0.2, 0.25) is 0 Å². The fourth-order valence-corrected chi connectivity index (χ4v) is 2.98. The third kappa shape index (κ3) is 3.03. The molecule has 1 saturated heterocycles. The van der Waals surface area contributed by atoms with E-state index in [9.17, 15) is 14.4 Å². The Bertz CT molecular complexity index is 856. The maximum Gasteiger partial charge on any atom is 0.328 e. The molecule has 0 spiro atoms. The summed E-state index contributed by atoms with van der Waals surface area (Å²) >= 11 is 0. The molecule has 1 fully saturated rings. The second-order valence-corrected chi connectivity index (χ2v) is 6.07. The van der Waals surface area contributed by atoms with Crippen molar-refractivity contribution < 1.29 is 4.79 Å². The number of hydrogen-bond donors (Lipinski definition) is 1. The average Bonchev–Trinajstić information content (AvgIpc) is 2.59. The Morgan fingerprint density at radius 2 is 1.83 bits per heavy atom. The van der Waals surface area contributed by atoms with Crippen LogP contribution in [0.4, 0.5) is 0 Å². The highest BCUT2D eigenvalue weighted by Gasteiger charge is 2.30. The van der Waals surface area contributed by atoms with Crippen molar-refractivity contribution in [2.45, 2.75) is 6.04 Å². The Kier molecular flexibility index (Phi) is 4.35. The molecule has 1 aromatic carbocycles. The summed E-state index contributed by atoms with van der Waals surface area (Å²) in [5.41, 5.74) is -0.0456. The van der Waals surface area contributed by atoms with Crippen LogP contribution in [-0.2, 0) is 7.05 Å². The van der Waals surface area contributed by atoms with E-state index in [-0.39, 0.29) is 17.5 Å². The van der Waals surface area contributed by atoms with Gasteiger partial charge in [0, 0.05) is 32.9 Å². The molecule has 2 heterocycles. The van der Waals surface area contributed by atoms with E-state index in [4.69, 9.17) is 0 Å². The molecule has 0 radical (unpaired) electrons. The number of benzene rings is 1. The van der Waals surface area contributed by atoms with Crippen molar-refractivity contribution in [2.75, 3.05) is 26.7 Å². The molecule has 1 N–H and O–H groups in total. The van der Waals surface area contributed by atoms with E-state index < -0.39 is 11.2 Å². The van der Waals surface area contributed by atoms with Crippen molar-refractivity contribution in [2.24, 2.45) is 7.05 Å². The first-order valence-corrected chi connectivity index (χ1v) is 7.82. The number of carbonyl (C=O) groups excluding carboxylic acids is 1. The number of aromatic nitrogens is 2. The van der Waals surface area contributed by atoms with Crippen LogP contribution >= 0.6 is 0 Å². The summed E-state index contributed by atoms with van der Waals surface area (Å²) in [6, 6.07) is 10.1. The Hall–Kier alpha value is -2.67. The number of aromatic amines is 1. The van der Waals surface area contributed by atoms with Gasteiger partial charge in [-0.1, -0.05) is 30.3 Å². The van der Waals surface area contributed by atoms with Crippen LogP contribution in [0.5, 0.6) is 0 Å². The number of nitrogens with one attached hydrogen (secondary N) is 1. The minimum atomic E-state index is -0.640. The molecule has 1 atom stereocenters. The van der Waals surface area contributed by atoms with Crippen LogP contribution in [0, 0.1) is 0 Å². The topological polar surface area (TPSA) is 78.4 Å². The van der Waals surface area contributed by atoms with Gasteiger partial charge in [0.15, 0.2) is 0 Å². The minimum Gasteiger partial charge on any atom is -0.335 e. The lowest BCUT2D eigenvalue weighted by Crippen LogP contribution is -2.50. The van der Waals surface area contributed by atoms with Gasteiger partial charge in [0.1, 0.15) is 5.56 Å². The molecular formula is C17H20N4O3. The van der Waals surface area contributed by atoms with E-state index in [2.05, 4.69) is 9.88 Å². The summed E-state index contributed by atoms with van der Waals surface area (Å²) in [7, 11) is 3.53. The summed E-state index contributed by atoms with van der Waals surface area (Å²) < 4.78 is 1.21. The van der Waals surface area contributed by atoms with Crippen molar-refractivity contribution in [3.8, 4) is 0 Å². The fraction of sp³-hybridized carbons (Fsp3) is 0.353. The van der Waals surface area contributed by atoms with Crippen molar-refractivity contribution in [1.29, 1.82) is 0 Å². The second kappa shape index (κ2) is 6.45. The molecule has 126 valence electrons. The van der Waals surface area contributed by atoms with Crippen LogP contribution in [0.25, 0.3) is 0 Å². The summed E-state index contributed by atoms with van der Waals surface area (Å²) in [6.45, 7) is 1.76. The van der Waals surface area contributed by atoms with E-state index in [1.165, 1.54) is 17.8 Å². The van der Waals surface area contributed by atoms with Gasteiger partial charge in [-0.15, -0.1) is 0 Å². The number of carbonyl (C=O) groups is 1. The van der Waals surface area contributed by atoms with Crippen LogP contribution in [-0.4, -0.2) is 51.9 Å². The van der Waals surface area contributed by atoms with E-state index in [0.717, 1.165) is 12.1 Å². The number of H-pyrrole nitrogens is 1. The van der Waals surface area contributed by atoms with Crippen molar-refractivity contribution in [1.82, 2.24) is 19.4 Å². The Labute approximate surface area is 139 Å². The standard InChI is InChI=1S/C17H20N4O3/c1-19-8-9-21(11-14(19)12-6-4-3-5-7-12)16(23)13-10-20(2)17(24)18-15(13)22/h3-7,10,14H,8-9,11H2,1-2H3,(H,18,22,24). The van der Waals surface area contributed by atoms with Crippen molar-refractivity contribution in [3.05, 3.63) is 68.5 Å². The van der Waals surface area contributed by atoms with Crippen LogP contribution in [0.1, 0.15) is 22.0 Å². The smallest absolute Gasteiger partial charge is 0.328 e. The lowest BCUT2D eigenvalue weighted by atomic mass is 10.0. The fourth-order valence-electron chi connectivity index (χ4n) is 2.98. The molecule has 1 aliphatic rings. The highest BCUT2D eigenvalue weighted by molar-refractivity contribution is 5.93. The summed E-state index contributed by atoms with van der Waals surface area (Å²) in [5.74, 6) is -0.346. The molecule has 3 rings (SSSR count). The van der Waals surface area contributed by atoms with Gasteiger partial charge < -0.3 is 9.47 Å². The van der Waals surface area contributed by atoms with Gasteiger partial charge in [0.05, 0.1) is 6.04 Å². The molecule has 0 aliphatic carbocycles. The Morgan fingerprint density at radius 1 is 1.12 bits per heavy atom. The molecule has 1 aromatic heterocycles. The lowest BCUT2D eigenvalue weighted by molar-refractivity contribution is 0.0543. The maximum atomic E-state index is 12.7. The largest absolute Gasteiger partial charge is 0.335 e. The summed E-state index contributed by atoms with van der Waals surface area (Å²) in [6.07, 6.45) is 1.30. The van der Waals surface area contributed by atoms with Crippen molar-refractivity contribution >= 4 is 5.91 Å². The first-order chi connectivity index (χ1) is 11.5. The summed E-state index contributed by atoms with van der Waals surface area (Å²) in [5, 5.41) is 0. The monoisotopic (exact) mass is 328 g/mol. The van der Waals surface area contributed by atoms with E-state index >= 15 is 0 Å². The van der Waals surface area contributed by atoms with Gasteiger partial charge in [-0.05, 0) is 12.6 Å². The Morgan fingerprint density at radius 3 is 2.54 bits per heavy atom. The number of hydrogen-bond acceptors (Lipinski definition) is 4. The molecule has 2 aromatic rings. The highest BCUT2D eigenvalue weighted by atomic mass is 16.2. The molecule has 7 heteroatoms. The third-order valence-electron chi connectivity index (χ3n) is 4.46. The molecule has 0 bridgehead atoms. The third-order valence-corrected chi connectivity index (χ3v) is 4.46.